The molecule has 1 heterocycles. The van der Waals surface area contributed by atoms with Gasteiger partial charge in [0.1, 0.15) is 5.75 Å². The van der Waals surface area contributed by atoms with Crippen LogP contribution in [0.1, 0.15) is 11.1 Å². The molecule has 6 nitrogen and oxygen atoms in total. The summed E-state index contributed by atoms with van der Waals surface area (Å²) in [6, 6.07) is 12.8. The maximum Gasteiger partial charge on any atom is 0.329 e. The normalized spacial score (nSPS) is 20.0. The third-order valence-electron chi connectivity index (χ3n) is 4.04. The number of aromatic hydroxyl groups is 1. The van der Waals surface area contributed by atoms with Crippen LogP contribution in [0.25, 0.3) is 4.91 Å². The van der Waals surface area contributed by atoms with E-state index in [2.05, 4.69) is 4.72 Å². The molecule has 1 unspecified atom stereocenters. The number of rotatable bonds is 5. The molecule has 3 N–H and O–H groups in total. The molecule has 0 saturated heterocycles. The van der Waals surface area contributed by atoms with Gasteiger partial charge in [-0.05, 0) is 42.3 Å². The second-order valence-electron chi connectivity index (χ2n) is 6.00. The van der Waals surface area contributed by atoms with E-state index in [0.29, 0.717) is 16.0 Å². The molecule has 0 amide bonds. The Kier molecular flexibility index (Phi) is 4.83. The van der Waals surface area contributed by atoms with Gasteiger partial charge in [-0.2, -0.15) is 4.72 Å². The number of phenolic OH excluding ortho intramolecular Hbond substituents is 1. The number of benzene rings is 2. The molecule has 8 heteroatoms. The molecule has 0 aliphatic carbocycles. The average Bonchev–Trinajstić information content (AvgIpc) is 3.00. The van der Waals surface area contributed by atoms with E-state index in [1.807, 2.05) is 0 Å². The Morgan fingerprint density at radius 2 is 1.92 bits per heavy atom. The minimum Gasteiger partial charge on any atom is -0.508 e. The summed E-state index contributed by atoms with van der Waals surface area (Å²) in [6.07, 6.45) is 1.39. The van der Waals surface area contributed by atoms with Gasteiger partial charge in [0, 0.05) is 10.7 Å². The number of phenols is 1. The van der Waals surface area contributed by atoms with E-state index in [9.17, 15) is 23.4 Å². The first kappa shape index (κ1) is 18.5. The van der Waals surface area contributed by atoms with Gasteiger partial charge in [0.15, 0.2) is 5.54 Å². The number of hydrogen-bond donors (Lipinski definition) is 3. The second-order valence-corrected chi connectivity index (χ2v) is 8.66. The predicted molar refractivity (Wildman–Crippen MR) is 100 cm³/mol. The fourth-order valence-corrected chi connectivity index (χ4v) is 5.59. The largest absolute Gasteiger partial charge is 0.508 e. The van der Waals surface area contributed by atoms with Crippen molar-refractivity contribution >= 4 is 32.7 Å². The monoisotopic (exact) mass is 391 g/mol. The van der Waals surface area contributed by atoms with Gasteiger partial charge in [-0.3, -0.25) is 0 Å². The molecule has 0 radical (unpaired) electrons. The predicted octanol–water partition coefficient (Wildman–Crippen LogP) is 2.59. The quantitative estimate of drug-likeness (QED) is 0.724. The number of hydrogen-bond acceptors (Lipinski definition) is 5. The molecule has 136 valence electrons. The molecule has 3 rings (SSSR count). The molecular weight excluding hydrogens is 374 g/mol. The Balaban J connectivity index is 2.00. The lowest BCUT2D eigenvalue weighted by atomic mass is 10.0. The summed E-state index contributed by atoms with van der Waals surface area (Å²) in [4.78, 5) is 12.6. The minimum absolute atomic E-state index is 0.0123. The van der Waals surface area contributed by atoms with Crippen LogP contribution in [0, 0.1) is 6.92 Å². The second kappa shape index (κ2) is 6.79. The molecular formula is C18H17NO5S2. The first-order valence-corrected chi connectivity index (χ1v) is 10.2. The SMILES string of the molecule is Cc1ccccc1S(=O)(=O)NC1(C(=O)O)C=C(c2cccc(O)c2)SC1. The molecule has 1 aliphatic heterocycles. The van der Waals surface area contributed by atoms with E-state index in [1.54, 1.807) is 37.3 Å². The van der Waals surface area contributed by atoms with E-state index < -0.39 is 21.5 Å². The Morgan fingerprint density at radius 3 is 2.58 bits per heavy atom. The molecule has 0 bridgehead atoms. The fraction of sp³-hybridized carbons (Fsp3) is 0.167. The number of carboxylic acids is 1. The lowest BCUT2D eigenvalue weighted by molar-refractivity contribution is -0.141. The van der Waals surface area contributed by atoms with Gasteiger partial charge in [-0.15, -0.1) is 11.8 Å². The maximum absolute atomic E-state index is 12.8. The lowest BCUT2D eigenvalue weighted by Gasteiger charge is -2.23. The summed E-state index contributed by atoms with van der Waals surface area (Å²) in [5.74, 6) is -1.21. The van der Waals surface area contributed by atoms with Crippen LogP contribution in [0.4, 0.5) is 0 Å². The van der Waals surface area contributed by atoms with Crippen molar-refractivity contribution in [2.75, 3.05) is 5.75 Å². The van der Waals surface area contributed by atoms with Crippen LogP contribution >= 0.6 is 11.8 Å². The van der Waals surface area contributed by atoms with Crippen molar-refractivity contribution in [3.8, 4) is 5.75 Å². The molecule has 2 aromatic rings. The third kappa shape index (κ3) is 3.48. The van der Waals surface area contributed by atoms with Crippen LogP contribution in [0.3, 0.4) is 0 Å². The third-order valence-corrected chi connectivity index (χ3v) is 6.98. The molecule has 26 heavy (non-hydrogen) atoms. The number of nitrogens with one attached hydrogen (secondary N) is 1. The zero-order valence-electron chi connectivity index (χ0n) is 13.8. The Bertz CT molecular complexity index is 1000. The summed E-state index contributed by atoms with van der Waals surface area (Å²) in [5.41, 5.74) is -0.594. The Labute approximate surface area is 155 Å². The summed E-state index contributed by atoms with van der Waals surface area (Å²) in [7, 11) is -4.03. The highest BCUT2D eigenvalue weighted by molar-refractivity contribution is 8.08. The van der Waals surface area contributed by atoms with Crippen molar-refractivity contribution in [1.29, 1.82) is 0 Å². The highest BCUT2D eigenvalue weighted by Crippen LogP contribution is 2.40. The molecule has 0 spiro atoms. The molecule has 2 aromatic carbocycles. The van der Waals surface area contributed by atoms with Gasteiger partial charge in [0.25, 0.3) is 0 Å². The number of carbonyl (C=O) groups is 1. The van der Waals surface area contributed by atoms with Crippen LogP contribution in [-0.2, 0) is 14.8 Å². The van der Waals surface area contributed by atoms with E-state index >= 15 is 0 Å². The van der Waals surface area contributed by atoms with Gasteiger partial charge < -0.3 is 10.2 Å². The first-order valence-electron chi connectivity index (χ1n) is 7.72. The summed E-state index contributed by atoms with van der Waals surface area (Å²) >= 11 is 1.22. The summed E-state index contributed by atoms with van der Waals surface area (Å²) in [6.45, 7) is 1.65. The van der Waals surface area contributed by atoms with Gasteiger partial charge in [0.2, 0.25) is 10.0 Å². The topological polar surface area (TPSA) is 104 Å². The molecule has 1 aliphatic rings. The number of carboxylic acid groups (broad SMARTS) is 1. The average molecular weight is 391 g/mol. The van der Waals surface area contributed by atoms with Crippen LogP contribution in [0.15, 0.2) is 59.5 Å². The van der Waals surface area contributed by atoms with Gasteiger partial charge in [-0.1, -0.05) is 30.3 Å². The van der Waals surface area contributed by atoms with E-state index in [1.165, 1.54) is 36.0 Å². The standard InChI is InChI=1S/C18H17NO5S2/c1-12-5-2-3-8-16(12)26(23,24)19-18(17(21)22)10-15(25-11-18)13-6-4-7-14(20)9-13/h2-10,19-20H,11H2,1H3,(H,21,22). The first-order chi connectivity index (χ1) is 12.2. The van der Waals surface area contributed by atoms with Crippen molar-refractivity contribution in [1.82, 2.24) is 4.72 Å². The number of aryl methyl sites for hydroxylation is 1. The van der Waals surface area contributed by atoms with Crippen molar-refractivity contribution in [3.63, 3.8) is 0 Å². The minimum atomic E-state index is -4.03. The molecule has 1 atom stereocenters. The zero-order chi connectivity index (χ0) is 18.9. The van der Waals surface area contributed by atoms with Crippen LogP contribution < -0.4 is 4.72 Å². The van der Waals surface area contributed by atoms with Crippen molar-refractivity contribution in [3.05, 3.63) is 65.7 Å². The lowest BCUT2D eigenvalue weighted by Crippen LogP contribution is -2.53. The smallest absolute Gasteiger partial charge is 0.329 e. The van der Waals surface area contributed by atoms with Gasteiger partial charge in [-0.25, -0.2) is 13.2 Å². The van der Waals surface area contributed by atoms with Crippen LogP contribution in [0.5, 0.6) is 5.75 Å². The Morgan fingerprint density at radius 1 is 1.19 bits per heavy atom. The van der Waals surface area contributed by atoms with E-state index in [-0.39, 0.29) is 16.4 Å². The molecule has 0 fully saturated rings. The van der Waals surface area contributed by atoms with Crippen molar-refractivity contribution in [2.45, 2.75) is 17.4 Å². The number of aliphatic carboxylic acids is 1. The zero-order valence-corrected chi connectivity index (χ0v) is 15.5. The highest BCUT2D eigenvalue weighted by Gasteiger charge is 2.45. The van der Waals surface area contributed by atoms with Gasteiger partial charge in [0.05, 0.1) is 4.90 Å². The molecule has 0 saturated carbocycles. The highest BCUT2D eigenvalue weighted by atomic mass is 32.2. The molecule has 0 aromatic heterocycles. The van der Waals surface area contributed by atoms with Crippen LogP contribution in [0.2, 0.25) is 0 Å². The maximum atomic E-state index is 12.8. The number of thioether (sulfide) groups is 1. The van der Waals surface area contributed by atoms with Crippen LogP contribution in [-0.4, -0.2) is 35.9 Å². The van der Waals surface area contributed by atoms with Crippen molar-refractivity contribution < 1.29 is 23.4 Å². The summed E-state index contributed by atoms with van der Waals surface area (Å²) < 4.78 is 27.9. The Hall–Kier alpha value is -2.29. The van der Waals surface area contributed by atoms with Crippen molar-refractivity contribution in [2.24, 2.45) is 0 Å². The number of sulfonamides is 1. The van der Waals surface area contributed by atoms with Gasteiger partial charge >= 0.3 is 5.97 Å². The van der Waals surface area contributed by atoms with E-state index in [0.717, 1.165) is 0 Å². The summed E-state index contributed by atoms with van der Waals surface area (Å²) in [5, 5.41) is 19.3. The fourth-order valence-electron chi connectivity index (χ4n) is 2.70. The van der Waals surface area contributed by atoms with E-state index in [4.69, 9.17) is 0 Å².